The maximum Gasteiger partial charge on any atom is 0.395 e. The van der Waals surface area contributed by atoms with E-state index in [2.05, 4.69) is 23.2 Å². The van der Waals surface area contributed by atoms with E-state index in [0.717, 1.165) is 0 Å². The molecule has 1 fully saturated rings. The highest BCUT2D eigenvalue weighted by atomic mass is 35.5. The standard InChI is InChI=1S/C14H12Cl2F12N2O2/c15-13(25,26)11(21,22)9(17,18)7(31)29-5-1-2-6(4-3-5)30-8(32)10(19,20)12(23,24)14(16,27)28/h5-6H,1-4H2,(H,29,31)(H,30,32). The highest BCUT2D eigenvalue weighted by Crippen LogP contribution is 2.49. The summed E-state index contributed by atoms with van der Waals surface area (Å²) in [6.07, 6.45) is -1.99. The predicted molar refractivity (Wildman–Crippen MR) is 83.7 cm³/mol. The predicted octanol–water partition coefficient (Wildman–Crippen LogP) is 4.73. The van der Waals surface area contributed by atoms with Gasteiger partial charge in [-0.2, -0.15) is 52.7 Å². The van der Waals surface area contributed by atoms with E-state index in [0.29, 0.717) is 0 Å². The first-order chi connectivity index (χ1) is 14.0. The van der Waals surface area contributed by atoms with E-state index in [-0.39, 0.29) is 0 Å². The van der Waals surface area contributed by atoms with Gasteiger partial charge in [0.2, 0.25) is 0 Å². The molecule has 0 bridgehead atoms. The third-order valence-corrected chi connectivity index (χ3v) is 4.94. The molecule has 0 aromatic heterocycles. The van der Waals surface area contributed by atoms with Crippen LogP contribution in [0.1, 0.15) is 25.7 Å². The molecule has 0 spiro atoms. The van der Waals surface area contributed by atoms with Crippen LogP contribution in [-0.2, 0) is 9.59 Å². The molecule has 0 heterocycles. The van der Waals surface area contributed by atoms with Crippen LogP contribution in [0.4, 0.5) is 52.7 Å². The molecule has 0 atom stereocenters. The number of amides is 2. The van der Waals surface area contributed by atoms with E-state index in [1.165, 1.54) is 10.6 Å². The van der Waals surface area contributed by atoms with Crippen molar-refractivity contribution in [3.63, 3.8) is 0 Å². The van der Waals surface area contributed by atoms with Crippen molar-refractivity contribution < 1.29 is 62.3 Å². The lowest BCUT2D eigenvalue weighted by atomic mass is 9.90. The third-order valence-electron chi connectivity index (χ3n) is 4.47. The Bertz CT molecular complexity index is 655. The molecular weight excluding hydrogens is 527 g/mol. The lowest BCUT2D eigenvalue weighted by Gasteiger charge is -2.34. The molecular formula is C14H12Cl2F12N2O2. The van der Waals surface area contributed by atoms with Crippen LogP contribution in [0.3, 0.4) is 0 Å². The van der Waals surface area contributed by atoms with Crippen molar-refractivity contribution >= 4 is 35.0 Å². The monoisotopic (exact) mass is 538 g/mol. The fraction of sp³-hybridized carbons (Fsp3) is 0.857. The first kappa shape index (κ1) is 28.7. The van der Waals surface area contributed by atoms with Crippen molar-refractivity contribution in [3.8, 4) is 0 Å². The molecule has 1 rings (SSSR count). The number of carbonyl (C=O) groups is 2. The van der Waals surface area contributed by atoms with E-state index in [1.807, 2.05) is 0 Å². The zero-order chi connectivity index (χ0) is 25.6. The number of hydrogen-bond acceptors (Lipinski definition) is 2. The number of carbonyl (C=O) groups excluding carboxylic acids is 2. The molecule has 32 heavy (non-hydrogen) atoms. The molecule has 2 amide bonds. The summed E-state index contributed by atoms with van der Waals surface area (Å²) in [5, 5.41) is -8.92. The quantitative estimate of drug-likeness (QED) is 0.346. The number of hydrogen-bond donors (Lipinski definition) is 2. The molecule has 0 aromatic rings. The number of halogens is 14. The fourth-order valence-corrected chi connectivity index (χ4v) is 2.81. The molecule has 0 unspecified atom stereocenters. The third kappa shape index (κ3) is 5.25. The molecule has 4 nitrogen and oxygen atoms in total. The highest BCUT2D eigenvalue weighted by molar-refractivity contribution is 6.23. The minimum absolute atomic E-state index is 0.497. The van der Waals surface area contributed by atoms with Crippen LogP contribution in [0.2, 0.25) is 0 Å². The lowest BCUT2D eigenvalue weighted by Crippen LogP contribution is -2.61. The summed E-state index contributed by atoms with van der Waals surface area (Å²) in [5.41, 5.74) is 0. The highest BCUT2D eigenvalue weighted by Gasteiger charge is 2.75. The van der Waals surface area contributed by atoms with Crippen LogP contribution >= 0.6 is 23.2 Å². The molecule has 188 valence electrons. The van der Waals surface area contributed by atoms with Crippen LogP contribution in [0, 0.1) is 0 Å². The van der Waals surface area contributed by atoms with Crippen molar-refractivity contribution in [1.29, 1.82) is 0 Å². The van der Waals surface area contributed by atoms with Gasteiger partial charge in [-0.25, -0.2) is 0 Å². The molecule has 2 N–H and O–H groups in total. The fourth-order valence-electron chi connectivity index (χ4n) is 2.58. The van der Waals surface area contributed by atoms with Gasteiger partial charge in [0.25, 0.3) is 11.8 Å². The summed E-state index contributed by atoms with van der Waals surface area (Å²) >= 11 is 7.81. The van der Waals surface area contributed by atoms with Gasteiger partial charge < -0.3 is 10.6 Å². The van der Waals surface area contributed by atoms with Gasteiger partial charge in [0, 0.05) is 12.1 Å². The van der Waals surface area contributed by atoms with Gasteiger partial charge in [-0.3, -0.25) is 9.59 Å². The molecule has 0 saturated heterocycles. The molecule has 18 heteroatoms. The Morgan fingerprint density at radius 3 is 0.969 bits per heavy atom. The smallest absolute Gasteiger partial charge is 0.348 e. The van der Waals surface area contributed by atoms with Gasteiger partial charge in [0.05, 0.1) is 0 Å². The number of rotatable bonds is 8. The van der Waals surface area contributed by atoms with Crippen LogP contribution < -0.4 is 10.6 Å². The average molecular weight is 539 g/mol. The SMILES string of the molecule is O=C(NC1CCC(NC(=O)C(F)(F)C(F)(F)C(F)(F)Cl)CC1)C(F)(F)C(F)(F)C(F)(F)Cl. The second kappa shape index (κ2) is 8.80. The molecule has 1 aliphatic rings. The minimum atomic E-state index is -6.28. The van der Waals surface area contributed by atoms with Crippen molar-refractivity contribution in [3.05, 3.63) is 0 Å². The van der Waals surface area contributed by atoms with E-state index < -0.39 is 84.0 Å². The molecule has 1 aliphatic carbocycles. The van der Waals surface area contributed by atoms with Gasteiger partial charge in [0.15, 0.2) is 0 Å². The molecule has 1 saturated carbocycles. The zero-order valence-corrected chi connectivity index (χ0v) is 16.6. The van der Waals surface area contributed by atoms with E-state index >= 15 is 0 Å². The second-order valence-corrected chi connectivity index (χ2v) is 7.74. The normalized spacial score (nSPS) is 21.8. The zero-order valence-electron chi connectivity index (χ0n) is 15.1. The Morgan fingerprint density at radius 1 is 0.562 bits per heavy atom. The van der Waals surface area contributed by atoms with Crippen LogP contribution in [0.5, 0.6) is 0 Å². The molecule has 0 radical (unpaired) electrons. The van der Waals surface area contributed by atoms with E-state index in [9.17, 15) is 62.3 Å². The van der Waals surface area contributed by atoms with Gasteiger partial charge in [0.1, 0.15) is 0 Å². The molecule has 0 aliphatic heterocycles. The van der Waals surface area contributed by atoms with Gasteiger partial charge >= 0.3 is 34.5 Å². The van der Waals surface area contributed by atoms with Crippen molar-refractivity contribution in [2.75, 3.05) is 0 Å². The summed E-state index contributed by atoms with van der Waals surface area (Å²) in [6, 6.07) is -2.79. The molecule has 0 aromatic carbocycles. The Labute approximate surface area is 180 Å². The Kier molecular flexibility index (Phi) is 7.89. The first-order valence-corrected chi connectivity index (χ1v) is 9.02. The largest absolute Gasteiger partial charge is 0.395 e. The Hall–Kier alpha value is -1.32. The summed E-state index contributed by atoms with van der Waals surface area (Å²) in [4.78, 5) is 22.7. The summed E-state index contributed by atoms with van der Waals surface area (Å²) in [6.45, 7) is 0. The topological polar surface area (TPSA) is 58.2 Å². The van der Waals surface area contributed by atoms with E-state index in [4.69, 9.17) is 0 Å². The number of nitrogens with one attached hydrogen (secondary N) is 2. The summed E-state index contributed by atoms with van der Waals surface area (Å²) in [5.74, 6) is -30.1. The maximum atomic E-state index is 13.4. The second-order valence-electron chi connectivity index (χ2n) is 6.79. The summed E-state index contributed by atoms with van der Waals surface area (Å²) in [7, 11) is 0. The van der Waals surface area contributed by atoms with Gasteiger partial charge in [-0.05, 0) is 48.9 Å². The van der Waals surface area contributed by atoms with Crippen LogP contribution in [0.25, 0.3) is 0 Å². The average Bonchev–Trinajstić information content (AvgIpc) is 2.60. The van der Waals surface area contributed by atoms with E-state index in [1.54, 1.807) is 0 Å². The Morgan fingerprint density at radius 2 is 0.781 bits per heavy atom. The Balaban J connectivity index is 2.73. The first-order valence-electron chi connectivity index (χ1n) is 8.26. The van der Waals surface area contributed by atoms with Crippen LogP contribution in [-0.4, -0.2) is 58.4 Å². The van der Waals surface area contributed by atoms with Crippen molar-refractivity contribution in [1.82, 2.24) is 10.6 Å². The summed E-state index contributed by atoms with van der Waals surface area (Å²) < 4.78 is 156. The van der Waals surface area contributed by atoms with Crippen molar-refractivity contribution in [2.45, 2.75) is 72.2 Å². The lowest BCUT2D eigenvalue weighted by molar-refractivity contribution is -0.269. The minimum Gasteiger partial charge on any atom is -0.348 e. The maximum absolute atomic E-state index is 13.4. The van der Waals surface area contributed by atoms with Gasteiger partial charge in [-0.1, -0.05) is 0 Å². The van der Waals surface area contributed by atoms with Crippen LogP contribution in [0.15, 0.2) is 0 Å². The van der Waals surface area contributed by atoms with Crippen molar-refractivity contribution in [2.24, 2.45) is 0 Å². The number of alkyl halides is 14. The van der Waals surface area contributed by atoms with Gasteiger partial charge in [-0.15, -0.1) is 0 Å².